The van der Waals surface area contributed by atoms with Gasteiger partial charge in [0.25, 0.3) is 0 Å². The van der Waals surface area contributed by atoms with Gasteiger partial charge in [-0.05, 0) is 17.5 Å². The van der Waals surface area contributed by atoms with Gasteiger partial charge in [-0.3, -0.25) is 0 Å². The fraction of sp³-hybridized carbons (Fsp3) is 0.0909. The first-order chi connectivity index (χ1) is 9.74. The minimum atomic E-state index is -2.73. The second kappa shape index (κ2) is 4.04. The van der Waals surface area contributed by atoms with E-state index >= 15 is 0 Å². The predicted molar refractivity (Wildman–Crippen MR) is 68.6 cm³/mol. The lowest BCUT2D eigenvalue weighted by atomic mass is 10.4. The molecule has 0 unspecified atom stereocenters. The lowest BCUT2D eigenvalue weighted by Gasteiger charge is -2.01. The van der Waals surface area contributed by atoms with Crippen molar-refractivity contribution in [2.45, 2.75) is 6.55 Å². The topological polar surface area (TPSA) is 60.9 Å². The number of nitrogens with zero attached hydrogens (tertiary/aromatic N) is 6. The Kier molecular flexibility index (Phi) is 2.30. The summed E-state index contributed by atoms with van der Waals surface area (Å²) >= 11 is 1.49. The molecule has 4 rings (SSSR count). The molecule has 0 radical (unpaired) electrons. The zero-order valence-corrected chi connectivity index (χ0v) is 10.6. The predicted octanol–water partition coefficient (Wildman–Crippen LogP) is 2.60. The third-order valence-corrected chi connectivity index (χ3v) is 3.71. The van der Waals surface area contributed by atoms with E-state index in [1.165, 1.54) is 34.4 Å². The second-order valence-corrected chi connectivity index (χ2v) is 4.92. The largest absolute Gasteiger partial charge is 0.333 e. The molecule has 0 saturated heterocycles. The molecule has 0 aromatic carbocycles. The molecule has 0 aliphatic carbocycles. The maximum Gasteiger partial charge on any atom is 0.333 e. The molecule has 20 heavy (non-hydrogen) atoms. The van der Waals surface area contributed by atoms with E-state index in [9.17, 15) is 8.78 Å². The van der Waals surface area contributed by atoms with Crippen molar-refractivity contribution in [3.05, 3.63) is 30.0 Å². The molecule has 0 saturated carbocycles. The molecular weight excluding hydrogens is 286 g/mol. The second-order valence-electron chi connectivity index (χ2n) is 4.03. The molecule has 4 aromatic rings. The number of hydrogen-bond donors (Lipinski definition) is 0. The molecule has 100 valence electrons. The highest BCUT2D eigenvalue weighted by atomic mass is 32.1. The molecule has 0 aliphatic heterocycles. The molecule has 6 nitrogen and oxygen atoms in total. The first-order valence-corrected chi connectivity index (χ1v) is 6.52. The summed E-state index contributed by atoms with van der Waals surface area (Å²) < 4.78 is 27.7. The average molecular weight is 292 g/mol. The fourth-order valence-corrected chi connectivity index (χ4v) is 2.75. The summed E-state index contributed by atoms with van der Waals surface area (Å²) in [6.07, 6.45) is 2.82. The summed E-state index contributed by atoms with van der Waals surface area (Å²) in [7, 11) is 0. The van der Waals surface area contributed by atoms with Crippen LogP contribution in [0, 0.1) is 0 Å². The maximum absolute atomic E-state index is 12.8. The zero-order valence-electron chi connectivity index (χ0n) is 9.81. The number of fused-ring (bicyclic) bond motifs is 3. The summed E-state index contributed by atoms with van der Waals surface area (Å²) in [6.45, 7) is -2.73. The number of halogens is 2. The molecule has 4 aromatic heterocycles. The summed E-state index contributed by atoms with van der Waals surface area (Å²) in [4.78, 5) is 9.39. The molecule has 0 atom stereocenters. The summed E-state index contributed by atoms with van der Waals surface area (Å²) in [5, 5.41) is 10.5. The maximum atomic E-state index is 12.8. The molecule has 0 amide bonds. The van der Waals surface area contributed by atoms with Crippen LogP contribution in [-0.2, 0) is 0 Å². The molecule has 0 bridgehead atoms. The van der Waals surface area contributed by atoms with Gasteiger partial charge in [0.05, 0.1) is 5.39 Å². The van der Waals surface area contributed by atoms with Gasteiger partial charge in [-0.2, -0.15) is 13.9 Å². The van der Waals surface area contributed by atoms with Crippen LogP contribution >= 0.6 is 11.3 Å². The Hall–Kier alpha value is -2.42. The van der Waals surface area contributed by atoms with Gasteiger partial charge < -0.3 is 0 Å². The molecule has 4 heterocycles. The Labute approximate surface area is 114 Å². The third kappa shape index (κ3) is 1.53. The summed E-state index contributed by atoms with van der Waals surface area (Å²) in [6, 6.07) is 3.34. The molecule has 0 fully saturated rings. The van der Waals surface area contributed by atoms with Crippen molar-refractivity contribution in [1.82, 2.24) is 29.4 Å². The Bertz CT molecular complexity index is 908. The van der Waals surface area contributed by atoms with Gasteiger partial charge in [-0.25, -0.2) is 19.2 Å². The van der Waals surface area contributed by atoms with E-state index in [0.29, 0.717) is 10.3 Å². The van der Waals surface area contributed by atoms with Gasteiger partial charge in [0.2, 0.25) is 5.82 Å². The first kappa shape index (κ1) is 11.4. The van der Waals surface area contributed by atoms with Crippen LogP contribution in [-0.4, -0.2) is 29.4 Å². The SMILES string of the molecule is FC(F)n1nccc1-c1nc2c3ccsc3ncn2n1. The van der Waals surface area contributed by atoms with Crippen LogP contribution < -0.4 is 0 Å². The Morgan fingerprint density at radius 2 is 2.15 bits per heavy atom. The Balaban J connectivity index is 1.98. The van der Waals surface area contributed by atoms with E-state index in [1.54, 1.807) is 0 Å². The molecular formula is C11H6F2N6S. The van der Waals surface area contributed by atoms with Gasteiger partial charge in [-0.1, -0.05) is 0 Å². The van der Waals surface area contributed by atoms with E-state index < -0.39 is 6.55 Å². The van der Waals surface area contributed by atoms with E-state index in [-0.39, 0.29) is 11.5 Å². The fourth-order valence-electron chi connectivity index (χ4n) is 2.02. The first-order valence-electron chi connectivity index (χ1n) is 5.64. The van der Waals surface area contributed by atoms with Crippen LogP contribution in [0.1, 0.15) is 6.55 Å². The number of hydrogen-bond acceptors (Lipinski definition) is 5. The summed E-state index contributed by atoms with van der Waals surface area (Å²) in [5.41, 5.74) is 0.764. The van der Waals surface area contributed by atoms with Gasteiger partial charge >= 0.3 is 6.55 Å². The molecule has 0 spiro atoms. The van der Waals surface area contributed by atoms with Crippen LogP contribution in [0.15, 0.2) is 30.0 Å². The number of rotatable bonds is 2. The molecule has 0 N–H and O–H groups in total. The van der Waals surface area contributed by atoms with Crippen molar-refractivity contribution >= 4 is 27.2 Å². The van der Waals surface area contributed by atoms with Crippen LogP contribution in [0.25, 0.3) is 27.4 Å². The van der Waals surface area contributed by atoms with Gasteiger partial charge in [0, 0.05) is 6.20 Å². The minimum absolute atomic E-state index is 0.173. The van der Waals surface area contributed by atoms with Crippen molar-refractivity contribution in [3.8, 4) is 11.5 Å². The number of aromatic nitrogens is 6. The highest BCUT2D eigenvalue weighted by molar-refractivity contribution is 7.16. The van der Waals surface area contributed by atoms with Crippen LogP contribution in [0.2, 0.25) is 0 Å². The normalized spacial score (nSPS) is 11.9. The highest BCUT2D eigenvalue weighted by Gasteiger charge is 2.18. The average Bonchev–Trinajstić information content (AvgIpc) is 3.15. The van der Waals surface area contributed by atoms with E-state index in [2.05, 4.69) is 20.2 Å². The van der Waals surface area contributed by atoms with Crippen LogP contribution in [0.3, 0.4) is 0 Å². The Morgan fingerprint density at radius 1 is 1.25 bits per heavy atom. The van der Waals surface area contributed by atoms with E-state index in [0.717, 1.165) is 10.2 Å². The van der Waals surface area contributed by atoms with Gasteiger partial charge in [0.1, 0.15) is 16.9 Å². The molecule has 0 aliphatic rings. The van der Waals surface area contributed by atoms with E-state index in [4.69, 9.17) is 0 Å². The summed E-state index contributed by atoms with van der Waals surface area (Å²) in [5.74, 6) is 0.198. The Morgan fingerprint density at radius 3 is 3.00 bits per heavy atom. The van der Waals surface area contributed by atoms with Crippen molar-refractivity contribution in [1.29, 1.82) is 0 Å². The standard InChI is InChI=1S/C11H6F2N6S/c12-11(13)19-7(1-3-15-19)8-16-9-6-2-4-20-10(6)14-5-18(9)17-8/h1-5,11H. The smallest absolute Gasteiger partial charge is 0.225 e. The highest BCUT2D eigenvalue weighted by Crippen LogP contribution is 2.25. The van der Waals surface area contributed by atoms with Gasteiger partial charge in [0.15, 0.2) is 5.65 Å². The minimum Gasteiger partial charge on any atom is -0.225 e. The lowest BCUT2D eigenvalue weighted by molar-refractivity contribution is 0.0583. The van der Waals surface area contributed by atoms with Gasteiger partial charge in [-0.15, -0.1) is 16.4 Å². The molecule has 9 heteroatoms. The lowest BCUT2D eigenvalue weighted by Crippen LogP contribution is -2.03. The number of alkyl halides is 2. The number of thiophene rings is 1. The zero-order chi connectivity index (χ0) is 13.7. The monoisotopic (exact) mass is 292 g/mol. The quantitative estimate of drug-likeness (QED) is 0.570. The van der Waals surface area contributed by atoms with Crippen LogP contribution in [0.5, 0.6) is 0 Å². The van der Waals surface area contributed by atoms with Crippen LogP contribution in [0.4, 0.5) is 8.78 Å². The van der Waals surface area contributed by atoms with Crippen molar-refractivity contribution < 1.29 is 8.78 Å². The van der Waals surface area contributed by atoms with Crippen molar-refractivity contribution in [3.63, 3.8) is 0 Å². The van der Waals surface area contributed by atoms with Crippen molar-refractivity contribution in [2.75, 3.05) is 0 Å². The van der Waals surface area contributed by atoms with Crippen molar-refractivity contribution in [2.24, 2.45) is 0 Å². The third-order valence-electron chi connectivity index (χ3n) is 2.89. The van der Waals surface area contributed by atoms with E-state index in [1.807, 2.05) is 11.4 Å².